The van der Waals surface area contributed by atoms with Crippen molar-refractivity contribution >= 4 is 18.3 Å². The van der Waals surface area contributed by atoms with Gasteiger partial charge in [0.2, 0.25) is 5.91 Å². The van der Waals surface area contributed by atoms with E-state index in [4.69, 9.17) is 0 Å². The van der Waals surface area contributed by atoms with E-state index in [0.29, 0.717) is 23.9 Å². The molecule has 0 aromatic rings. The summed E-state index contributed by atoms with van der Waals surface area (Å²) in [5, 5.41) is 3.66. The predicted octanol–water partition coefficient (Wildman–Crippen LogP) is 2.98. The normalized spacial score (nSPS) is 36.5. The number of halogens is 1. The molecule has 0 aromatic carbocycles. The molecule has 20 heavy (non-hydrogen) atoms. The average molecular weight is 301 g/mol. The van der Waals surface area contributed by atoms with E-state index in [2.05, 4.69) is 17.1 Å². The summed E-state index contributed by atoms with van der Waals surface area (Å²) in [5.41, 5.74) is 0. The Bertz CT molecular complexity index is 324. The Labute approximate surface area is 129 Å². The van der Waals surface area contributed by atoms with Crippen LogP contribution in [0.4, 0.5) is 0 Å². The number of nitrogens with one attached hydrogen (secondary N) is 1. The first-order valence-corrected chi connectivity index (χ1v) is 8.28. The Kier molecular flexibility index (Phi) is 5.74. The molecule has 4 heteroatoms. The van der Waals surface area contributed by atoms with Crippen molar-refractivity contribution in [1.29, 1.82) is 0 Å². The van der Waals surface area contributed by atoms with Crippen molar-refractivity contribution in [3.05, 3.63) is 0 Å². The molecule has 0 spiro atoms. The number of nitrogens with zero attached hydrogens (tertiary/aromatic N) is 1. The van der Waals surface area contributed by atoms with Crippen molar-refractivity contribution < 1.29 is 4.79 Å². The van der Waals surface area contributed by atoms with Crippen molar-refractivity contribution in [1.82, 2.24) is 10.2 Å². The Balaban J connectivity index is 0.00000147. The second-order valence-electron chi connectivity index (χ2n) is 6.94. The predicted molar refractivity (Wildman–Crippen MR) is 84.1 cm³/mol. The molecule has 3 aliphatic heterocycles. The van der Waals surface area contributed by atoms with E-state index in [1.165, 1.54) is 44.9 Å². The van der Waals surface area contributed by atoms with Gasteiger partial charge in [-0.25, -0.2) is 0 Å². The second kappa shape index (κ2) is 7.13. The van der Waals surface area contributed by atoms with E-state index in [0.717, 1.165) is 25.4 Å². The summed E-state index contributed by atoms with van der Waals surface area (Å²) in [4.78, 5) is 14.6. The van der Waals surface area contributed by atoms with E-state index >= 15 is 0 Å². The topological polar surface area (TPSA) is 32.3 Å². The highest BCUT2D eigenvalue weighted by atomic mass is 35.5. The standard InChI is InChI=1S/C16H28N2O.ClH/c1-2-12-4-3-7-18(11-12)16(19)10-13-8-14-5-6-15(9-13)17-14;/h12-15,17H,2-11H2,1H3;1H. The van der Waals surface area contributed by atoms with Crippen molar-refractivity contribution in [2.75, 3.05) is 13.1 Å². The van der Waals surface area contributed by atoms with Crippen molar-refractivity contribution in [3.63, 3.8) is 0 Å². The van der Waals surface area contributed by atoms with Gasteiger partial charge in [-0.05, 0) is 50.4 Å². The Hall–Kier alpha value is -0.280. The molecule has 2 bridgehead atoms. The molecule has 0 saturated carbocycles. The zero-order valence-electron chi connectivity index (χ0n) is 12.6. The number of amides is 1. The molecule has 3 unspecified atom stereocenters. The van der Waals surface area contributed by atoms with Crippen molar-refractivity contribution in [2.45, 2.75) is 70.4 Å². The highest BCUT2D eigenvalue weighted by molar-refractivity contribution is 5.85. The minimum Gasteiger partial charge on any atom is -0.342 e. The lowest BCUT2D eigenvalue weighted by atomic mass is 9.88. The SMILES string of the molecule is CCC1CCCN(C(=O)CC2CC3CCC(C2)N3)C1.Cl. The van der Waals surface area contributed by atoms with Crippen molar-refractivity contribution in [2.24, 2.45) is 11.8 Å². The van der Waals surface area contributed by atoms with Crippen LogP contribution in [0.15, 0.2) is 0 Å². The number of carbonyl (C=O) groups excluding carboxylic acids is 1. The Morgan fingerprint density at radius 1 is 1.15 bits per heavy atom. The quantitative estimate of drug-likeness (QED) is 0.869. The summed E-state index contributed by atoms with van der Waals surface area (Å²) in [6.07, 6.45) is 9.68. The van der Waals surface area contributed by atoms with E-state index in [-0.39, 0.29) is 12.4 Å². The molecule has 0 aromatic heterocycles. The van der Waals surface area contributed by atoms with Gasteiger partial charge in [-0.15, -0.1) is 12.4 Å². The summed E-state index contributed by atoms with van der Waals surface area (Å²) in [7, 11) is 0. The summed E-state index contributed by atoms with van der Waals surface area (Å²) >= 11 is 0. The van der Waals surface area contributed by atoms with Gasteiger partial charge in [-0.3, -0.25) is 4.79 Å². The van der Waals surface area contributed by atoms with E-state index in [1.54, 1.807) is 0 Å². The molecular formula is C16H29ClN2O. The third-order valence-corrected chi connectivity index (χ3v) is 5.48. The van der Waals surface area contributed by atoms with E-state index in [1.807, 2.05) is 0 Å². The molecule has 0 aliphatic carbocycles. The zero-order chi connectivity index (χ0) is 13.2. The van der Waals surface area contributed by atoms with Crippen LogP contribution in [0.1, 0.15) is 58.3 Å². The van der Waals surface area contributed by atoms with Gasteiger partial charge in [0.15, 0.2) is 0 Å². The second-order valence-corrected chi connectivity index (χ2v) is 6.94. The van der Waals surface area contributed by atoms with Crippen LogP contribution < -0.4 is 5.32 Å². The lowest BCUT2D eigenvalue weighted by Gasteiger charge is -2.35. The zero-order valence-corrected chi connectivity index (χ0v) is 13.5. The van der Waals surface area contributed by atoms with Gasteiger partial charge in [0, 0.05) is 31.6 Å². The first kappa shape index (κ1) is 16.1. The number of hydrogen-bond donors (Lipinski definition) is 1. The molecule has 3 saturated heterocycles. The lowest BCUT2D eigenvalue weighted by molar-refractivity contribution is -0.134. The van der Waals surface area contributed by atoms with Crippen LogP contribution in [0.25, 0.3) is 0 Å². The minimum atomic E-state index is 0. The third kappa shape index (κ3) is 3.67. The minimum absolute atomic E-state index is 0. The van der Waals surface area contributed by atoms with Crippen LogP contribution in [0.3, 0.4) is 0 Å². The number of piperidine rings is 2. The largest absolute Gasteiger partial charge is 0.342 e. The average Bonchev–Trinajstić information content (AvgIpc) is 2.78. The maximum Gasteiger partial charge on any atom is 0.222 e. The molecule has 1 amide bonds. The van der Waals surface area contributed by atoms with E-state index in [9.17, 15) is 4.79 Å². The third-order valence-electron chi connectivity index (χ3n) is 5.48. The van der Waals surface area contributed by atoms with Gasteiger partial charge < -0.3 is 10.2 Å². The first-order chi connectivity index (χ1) is 9.24. The van der Waals surface area contributed by atoms with Gasteiger partial charge in [0.1, 0.15) is 0 Å². The van der Waals surface area contributed by atoms with Crippen LogP contribution in [0.5, 0.6) is 0 Å². The maximum atomic E-state index is 12.5. The molecule has 3 heterocycles. The molecule has 1 N–H and O–H groups in total. The highest BCUT2D eigenvalue weighted by Gasteiger charge is 2.35. The fourth-order valence-corrected chi connectivity index (χ4v) is 4.34. The molecule has 3 nitrogen and oxygen atoms in total. The molecule has 3 atom stereocenters. The number of carbonyl (C=O) groups is 1. The van der Waals surface area contributed by atoms with E-state index < -0.39 is 0 Å². The van der Waals surface area contributed by atoms with Crippen LogP contribution in [0, 0.1) is 11.8 Å². The Morgan fingerprint density at radius 2 is 1.85 bits per heavy atom. The van der Waals surface area contributed by atoms with Gasteiger partial charge in [-0.1, -0.05) is 13.3 Å². The summed E-state index contributed by atoms with van der Waals surface area (Å²) in [6.45, 7) is 4.28. The summed E-state index contributed by atoms with van der Waals surface area (Å²) in [5.74, 6) is 1.83. The maximum absolute atomic E-state index is 12.5. The molecular weight excluding hydrogens is 272 g/mol. The number of likely N-dealkylation sites (tertiary alicyclic amines) is 1. The number of fused-ring (bicyclic) bond motifs is 2. The fraction of sp³-hybridized carbons (Fsp3) is 0.938. The summed E-state index contributed by atoms with van der Waals surface area (Å²) in [6, 6.07) is 1.42. The van der Waals surface area contributed by atoms with Crippen LogP contribution in [0.2, 0.25) is 0 Å². The van der Waals surface area contributed by atoms with Crippen LogP contribution >= 0.6 is 12.4 Å². The molecule has 0 radical (unpaired) electrons. The lowest BCUT2D eigenvalue weighted by Crippen LogP contribution is -2.43. The first-order valence-electron chi connectivity index (χ1n) is 8.28. The Morgan fingerprint density at radius 3 is 2.50 bits per heavy atom. The van der Waals surface area contributed by atoms with Gasteiger partial charge in [-0.2, -0.15) is 0 Å². The highest BCUT2D eigenvalue weighted by Crippen LogP contribution is 2.33. The molecule has 3 rings (SSSR count). The van der Waals surface area contributed by atoms with Crippen molar-refractivity contribution in [3.8, 4) is 0 Å². The van der Waals surface area contributed by atoms with Crippen LogP contribution in [-0.4, -0.2) is 36.0 Å². The van der Waals surface area contributed by atoms with Gasteiger partial charge >= 0.3 is 0 Å². The number of hydrogen-bond acceptors (Lipinski definition) is 2. The molecule has 3 aliphatic rings. The monoisotopic (exact) mass is 300 g/mol. The van der Waals surface area contributed by atoms with Gasteiger partial charge in [0.25, 0.3) is 0 Å². The smallest absolute Gasteiger partial charge is 0.222 e. The van der Waals surface area contributed by atoms with Gasteiger partial charge in [0.05, 0.1) is 0 Å². The number of rotatable bonds is 3. The summed E-state index contributed by atoms with van der Waals surface area (Å²) < 4.78 is 0. The molecule has 116 valence electrons. The fourth-order valence-electron chi connectivity index (χ4n) is 4.34. The van der Waals surface area contributed by atoms with Crippen LogP contribution in [-0.2, 0) is 4.79 Å². The molecule has 3 fully saturated rings.